The summed E-state index contributed by atoms with van der Waals surface area (Å²) in [5, 5.41) is 10.2. The lowest BCUT2D eigenvalue weighted by atomic mass is 9.96. The number of carbonyl (C=O) groups is 2. The quantitative estimate of drug-likeness (QED) is 0.698. The summed E-state index contributed by atoms with van der Waals surface area (Å²) in [6.07, 6.45) is 1.75. The first-order valence-corrected chi connectivity index (χ1v) is 10.8. The highest BCUT2D eigenvalue weighted by atomic mass is 35.5. The summed E-state index contributed by atoms with van der Waals surface area (Å²) in [6, 6.07) is 14.4. The van der Waals surface area contributed by atoms with Crippen LogP contribution in [0.3, 0.4) is 0 Å². The molecule has 0 spiro atoms. The van der Waals surface area contributed by atoms with Crippen LogP contribution in [0.25, 0.3) is 5.57 Å². The van der Waals surface area contributed by atoms with E-state index in [1.165, 1.54) is 4.90 Å². The van der Waals surface area contributed by atoms with E-state index in [-0.39, 0.29) is 30.9 Å². The van der Waals surface area contributed by atoms with E-state index in [0.29, 0.717) is 46.3 Å². The Balaban J connectivity index is 1.78. The number of amides is 2. The fraction of sp³-hybridized carbons (Fsp3) is 0.333. The fourth-order valence-electron chi connectivity index (χ4n) is 4.31. The van der Waals surface area contributed by atoms with Crippen LogP contribution in [0, 0.1) is 5.92 Å². The average Bonchev–Trinajstić information content (AvgIpc) is 3.05. The van der Waals surface area contributed by atoms with Crippen molar-refractivity contribution in [3.8, 4) is 5.75 Å². The van der Waals surface area contributed by atoms with E-state index in [9.17, 15) is 14.7 Å². The number of halogens is 1. The number of carbonyl (C=O) groups excluding carboxylic acids is 2. The Kier molecular flexibility index (Phi) is 6.30. The predicted molar refractivity (Wildman–Crippen MR) is 118 cm³/mol. The molecule has 7 heteroatoms. The third-order valence-corrected chi connectivity index (χ3v) is 6.27. The number of ether oxygens (including phenoxy) is 1. The first kappa shape index (κ1) is 21.4. The van der Waals surface area contributed by atoms with Crippen LogP contribution in [0.4, 0.5) is 0 Å². The molecule has 1 N–H and O–H groups in total. The van der Waals surface area contributed by atoms with Gasteiger partial charge in [0.05, 0.1) is 19.2 Å². The molecule has 2 aliphatic rings. The fourth-order valence-corrected chi connectivity index (χ4v) is 4.50. The zero-order valence-corrected chi connectivity index (χ0v) is 18.1. The maximum absolute atomic E-state index is 13.6. The van der Waals surface area contributed by atoms with Gasteiger partial charge in [0.2, 0.25) is 0 Å². The lowest BCUT2D eigenvalue weighted by molar-refractivity contribution is -0.138. The maximum Gasteiger partial charge on any atom is 0.278 e. The van der Waals surface area contributed by atoms with E-state index >= 15 is 0 Å². The average molecular weight is 441 g/mol. The van der Waals surface area contributed by atoms with Crippen molar-refractivity contribution in [2.24, 2.45) is 5.92 Å². The summed E-state index contributed by atoms with van der Waals surface area (Å²) >= 11 is 6.30. The van der Waals surface area contributed by atoms with E-state index in [1.54, 1.807) is 25.3 Å². The molecule has 162 valence electrons. The Morgan fingerprint density at radius 1 is 1.10 bits per heavy atom. The molecule has 0 aliphatic carbocycles. The van der Waals surface area contributed by atoms with E-state index in [1.807, 2.05) is 35.2 Å². The number of aliphatic hydroxyl groups excluding tert-OH is 1. The van der Waals surface area contributed by atoms with Crippen LogP contribution in [-0.4, -0.2) is 53.5 Å². The largest absolute Gasteiger partial charge is 0.496 e. The van der Waals surface area contributed by atoms with Crippen LogP contribution in [0.1, 0.15) is 24.0 Å². The molecule has 31 heavy (non-hydrogen) atoms. The Hall–Kier alpha value is -2.83. The van der Waals surface area contributed by atoms with Crippen molar-refractivity contribution in [1.82, 2.24) is 9.80 Å². The molecule has 4 rings (SSSR count). The zero-order valence-electron chi connectivity index (χ0n) is 17.4. The van der Waals surface area contributed by atoms with Gasteiger partial charge in [0.25, 0.3) is 11.8 Å². The number of methoxy groups -OCH3 is 1. The lowest BCUT2D eigenvalue weighted by Gasteiger charge is -2.34. The number of hydrogen-bond donors (Lipinski definition) is 1. The van der Waals surface area contributed by atoms with E-state index < -0.39 is 0 Å². The van der Waals surface area contributed by atoms with E-state index in [0.717, 1.165) is 12.8 Å². The molecule has 0 radical (unpaired) electrons. The van der Waals surface area contributed by atoms with Crippen molar-refractivity contribution < 1.29 is 19.4 Å². The Labute approximate surface area is 186 Å². The molecule has 0 aromatic heterocycles. The van der Waals surface area contributed by atoms with Crippen molar-refractivity contribution in [3.05, 3.63) is 70.4 Å². The van der Waals surface area contributed by atoms with Gasteiger partial charge in [0.1, 0.15) is 11.4 Å². The van der Waals surface area contributed by atoms with Crippen LogP contribution < -0.4 is 4.74 Å². The predicted octanol–water partition coefficient (Wildman–Crippen LogP) is 3.33. The molecule has 1 fully saturated rings. The van der Waals surface area contributed by atoms with Crippen LogP contribution in [0.15, 0.2) is 54.2 Å². The lowest BCUT2D eigenvalue weighted by Crippen LogP contribution is -2.40. The number of benzene rings is 2. The number of aliphatic hydroxyl groups is 1. The Morgan fingerprint density at radius 3 is 2.58 bits per heavy atom. The maximum atomic E-state index is 13.6. The van der Waals surface area contributed by atoms with Crippen LogP contribution in [-0.2, 0) is 16.1 Å². The first-order chi connectivity index (χ1) is 15.0. The molecule has 2 amide bonds. The number of para-hydroxylation sites is 1. The summed E-state index contributed by atoms with van der Waals surface area (Å²) < 4.78 is 5.50. The highest BCUT2D eigenvalue weighted by Crippen LogP contribution is 2.38. The minimum atomic E-state index is -0.365. The number of rotatable bonds is 6. The van der Waals surface area contributed by atoms with Gasteiger partial charge in [-0.05, 0) is 36.5 Å². The van der Waals surface area contributed by atoms with Gasteiger partial charge in [0.15, 0.2) is 0 Å². The van der Waals surface area contributed by atoms with Gasteiger partial charge in [-0.2, -0.15) is 0 Å². The van der Waals surface area contributed by atoms with Crippen LogP contribution >= 0.6 is 11.6 Å². The Bertz CT molecular complexity index is 1040. The topological polar surface area (TPSA) is 70.1 Å². The molecule has 0 bridgehead atoms. The second-order valence-corrected chi connectivity index (χ2v) is 8.26. The molecule has 0 saturated carbocycles. The van der Waals surface area contributed by atoms with Crippen molar-refractivity contribution in [2.75, 3.05) is 26.8 Å². The third-order valence-electron chi connectivity index (χ3n) is 5.90. The third kappa shape index (κ3) is 4.05. The van der Waals surface area contributed by atoms with Gasteiger partial charge in [-0.1, -0.05) is 48.0 Å². The minimum Gasteiger partial charge on any atom is -0.496 e. The minimum absolute atomic E-state index is 0.0548. The van der Waals surface area contributed by atoms with Gasteiger partial charge in [0, 0.05) is 30.3 Å². The smallest absolute Gasteiger partial charge is 0.278 e. The molecule has 1 unspecified atom stereocenters. The standard InChI is InChI=1S/C24H25ClN2O4/c1-31-20-11-5-3-9-18(20)21-22(26-12-6-7-16(13-26)15-28)24(30)27(23(21)29)14-17-8-2-4-10-19(17)25/h2-5,8-11,16,28H,6-7,12-15H2,1H3. The number of nitrogens with zero attached hydrogens (tertiary/aromatic N) is 2. The number of imide groups is 1. The second kappa shape index (κ2) is 9.12. The highest BCUT2D eigenvalue weighted by molar-refractivity contribution is 6.36. The molecular formula is C24H25ClN2O4. The van der Waals surface area contributed by atoms with E-state index in [4.69, 9.17) is 16.3 Å². The molecule has 6 nitrogen and oxygen atoms in total. The molecule has 1 saturated heterocycles. The van der Waals surface area contributed by atoms with E-state index in [2.05, 4.69) is 0 Å². The van der Waals surface area contributed by atoms with Gasteiger partial charge in [-0.3, -0.25) is 14.5 Å². The van der Waals surface area contributed by atoms with Crippen molar-refractivity contribution >= 4 is 29.0 Å². The summed E-state index contributed by atoms with van der Waals surface area (Å²) in [4.78, 5) is 30.3. The molecule has 1 atom stereocenters. The Morgan fingerprint density at radius 2 is 1.84 bits per heavy atom. The molecule has 2 heterocycles. The summed E-state index contributed by atoms with van der Waals surface area (Å²) in [6.45, 7) is 1.34. The number of likely N-dealkylation sites (tertiary alicyclic amines) is 1. The van der Waals surface area contributed by atoms with Gasteiger partial charge < -0.3 is 14.7 Å². The van der Waals surface area contributed by atoms with Crippen LogP contribution in [0.2, 0.25) is 5.02 Å². The summed E-state index contributed by atoms with van der Waals surface area (Å²) in [5.74, 6) is -0.105. The molecule has 2 aliphatic heterocycles. The molecule has 2 aromatic rings. The van der Waals surface area contributed by atoms with Crippen molar-refractivity contribution in [1.29, 1.82) is 0 Å². The van der Waals surface area contributed by atoms with Crippen molar-refractivity contribution in [2.45, 2.75) is 19.4 Å². The normalized spacial score (nSPS) is 19.4. The summed E-state index contributed by atoms with van der Waals surface area (Å²) in [7, 11) is 1.55. The van der Waals surface area contributed by atoms with Crippen LogP contribution in [0.5, 0.6) is 5.75 Å². The zero-order chi connectivity index (χ0) is 22.0. The van der Waals surface area contributed by atoms with Gasteiger partial charge >= 0.3 is 0 Å². The number of hydrogen-bond acceptors (Lipinski definition) is 5. The first-order valence-electron chi connectivity index (χ1n) is 10.4. The summed E-state index contributed by atoms with van der Waals surface area (Å²) in [5.41, 5.74) is 2.01. The molecular weight excluding hydrogens is 416 g/mol. The molecule has 2 aromatic carbocycles. The highest BCUT2D eigenvalue weighted by Gasteiger charge is 2.43. The number of piperidine rings is 1. The van der Waals surface area contributed by atoms with Gasteiger partial charge in [-0.25, -0.2) is 0 Å². The van der Waals surface area contributed by atoms with Crippen molar-refractivity contribution in [3.63, 3.8) is 0 Å². The second-order valence-electron chi connectivity index (χ2n) is 7.85. The van der Waals surface area contributed by atoms with Gasteiger partial charge in [-0.15, -0.1) is 0 Å². The SMILES string of the molecule is COc1ccccc1C1=C(N2CCCC(CO)C2)C(=O)N(Cc2ccccc2Cl)C1=O. The monoisotopic (exact) mass is 440 g/mol.